The Hall–Kier alpha value is -2.16. The summed E-state index contributed by atoms with van der Waals surface area (Å²) in [6.45, 7) is 0.648. The number of sulfonamides is 1. The zero-order chi connectivity index (χ0) is 20.1. The van der Waals surface area contributed by atoms with Crippen molar-refractivity contribution in [3.63, 3.8) is 0 Å². The van der Waals surface area contributed by atoms with Gasteiger partial charge in [-0.3, -0.25) is 4.79 Å². The molecule has 0 aliphatic carbocycles. The molecule has 1 aliphatic heterocycles. The van der Waals surface area contributed by atoms with E-state index in [0.717, 1.165) is 17.7 Å². The number of ether oxygens (including phenoxy) is 1. The average Bonchev–Trinajstić information content (AvgIpc) is 3.28. The molecule has 2 aromatic rings. The lowest BCUT2D eigenvalue weighted by atomic mass is 10.1. The van der Waals surface area contributed by atoms with Gasteiger partial charge in [-0.1, -0.05) is 0 Å². The molecule has 0 aromatic heterocycles. The summed E-state index contributed by atoms with van der Waals surface area (Å²) in [5.74, 6) is -0.964. The number of carbonyl (C=O) groups is 2. The number of carbonyl (C=O) groups excluding carboxylic acids is 2. The van der Waals surface area contributed by atoms with Crippen molar-refractivity contribution < 1.29 is 22.7 Å². The zero-order valence-corrected chi connectivity index (χ0v) is 17.1. The van der Waals surface area contributed by atoms with Crippen molar-refractivity contribution >= 4 is 33.5 Å². The first-order valence-electron chi connectivity index (χ1n) is 8.86. The molecule has 1 aliphatic rings. The molecule has 1 fully saturated rings. The van der Waals surface area contributed by atoms with Crippen molar-refractivity contribution in [2.45, 2.75) is 22.6 Å². The SMILES string of the molecule is CSc1ccc(C(=O)OCC(=O)c2ccc(S(=O)(=O)N3CCCC3)cc2)cc1. The summed E-state index contributed by atoms with van der Waals surface area (Å²) in [5.41, 5.74) is 0.670. The minimum Gasteiger partial charge on any atom is -0.454 e. The molecule has 2 aromatic carbocycles. The lowest BCUT2D eigenvalue weighted by Gasteiger charge is -2.15. The van der Waals surface area contributed by atoms with E-state index in [4.69, 9.17) is 4.74 Å². The molecule has 28 heavy (non-hydrogen) atoms. The van der Waals surface area contributed by atoms with E-state index < -0.39 is 22.6 Å². The van der Waals surface area contributed by atoms with Gasteiger partial charge in [0.15, 0.2) is 12.4 Å². The Labute approximate surface area is 168 Å². The summed E-state index contributed by atoms with van der Waals surface area (Å²) < 4.78 is 31.5. The van der Waals surface area contributed by atoms with E-state index in [-0.39, 0.29) is 10.7 Å². The van der Waals surface area contributed by atoms with Crippen LogP contribution in [0.15, 0.2) is 58.3 Å². The fourth-order valence-corrected chi connectivity index (χ4v) is 4.84. The summed E-state index contributed by atoms with van der Waals surface area (Å²) in [7, 11) is -3.51. The smallest absolute Gasteiger partial charge is 0.338 e. The van der Waals surface area contributed by atoms with Gasteiger partial charge in [0.1, 0.15) is 0 Å². The number of thioether (sulfide) groups is 1. The average molecular weight is 420 g/mol. The summed E-state index contributed by atoms with van der Waals surface area (Å²) >= 11 is 1.56. The molecule has 3 rings (SSSR count). The normalized spacial score (nSPS) is 14.8. The fraction of sp³-hybridized carbons (Fsp3) is 0.300. The number of esters is 1. The highest BCUT2D eigenvalue weighted by atomic mass is 32.2. The molecule has 1 heterocycles. The Morgan fingerprint density at radius 1 is 0.964 bits per heavy atom. The van der Waals surface area contributed by atoms with Crippen LogP contribution in [-0.2, 0) is 14.8 Å². The largest absolute Gasteiger partial charge is 0.454 e. The van der Waals surface area contributed by atoms with Gasteiger partial charge < -0.3 is 4.74 Å². The monoisotopic (exact) mass is 419 g/mol. The van der Waals surface area contributed by atoms with Gasteiger partial charge in [-0.25, -0.2) is 13.2 Å². The lowest BCUT2D eigenvalue weighted by Crippen LogP contribution is -2.27. The van der Waals surface area contributed by atoms with E-state index in [0.29, 0.717) is 24.2 Å². The molecule has 0 N–H and O–H groups in total. The third kappa shape index (κ3) is 4.63. The number of benzene rings is 2. The second-order valence-electron chi connectivity index (χ2n) is 6.36. The molecule has 8 heteroatoms. The summed E-state index contributed by atoms with van der Waals surface area (Å²) in [6, 6.07) is 12.7. The van der Waals surface area contributed by atoms with E-state index in [1.807, 2.05) is 18.4 Å². The van der Waals surface area contributed by atoms with E-state index in [2.05, 4.69) is 0 Å². The summed E-state index contributed by atoms with van der Waals surface area (Å²) in [5, 5.41) is 0. The van der Waals surface area contributed by atoms with Crippen LogP contribution in [0, 0.1) is 0 Å². The van der Waals surface area contributed by atoms with Crippen LogP contribution in [0.5, 0.6) is 0 Å². The van der Waals surface area contributed by atoms with Gasteiger partial charge in [0, 0.05) is 23.5 Å². The van der Waals surface area contributed by atoms with Gasteiger partial charge in [-0.05, 0) is 67.6 Å². The van der Waals surface area contributed by atoms with Crippen LogP contribution >= 0.6 is 11.8 Å². The number of nitrogens with zero attached hydrogens (tertiary/aromatic N) is 1. The van der Waals surface area contributed by atoms with E-state index in [1.54, 1.807) is 23.9 Å². The standard InChI is InChI=1S/C20H21NO5S2/c1-27-17-8-4-16(5-9-17)20(23)26-14-19(22)15-6-10-18(11-7-15)28(24,25)21-12-2-3-13-21/h4-11H,2-3,12-14H2,1H3. The third-order valence-electron chi connectivity index (χ3n) is 4.54. The predicted molar refractivity (Wildman–Crippen MR) is 107 cm³/mol. The van der Waals surface area contributed by atoms with Gasteiger partial charge in [0.25, 0.3) is 0 Å². The Balaban J connectivity index is 1.60. The molecule has 0 saturated carbocycles. The van der Waals surface area contributed by atoms with E-state index in [9.17, 15) is 18.0 Å². The molecule has 0 bridgehead atoms. The van der Waals surface area contributed by atoms with Crippen LogP contribution in [0.4, 0.5) is 0 Å². The van der Waals surface area contributed by atoms with Gasteiger partial charge in [0.05, 0.1) is 10.5 Å². The Kier molecular flexibility index (Phi) is 6.53. The molecular weight excluding hydrogens is 398 g/mol. The van der Waals surface area contributed by atoms with E-state index >= 15 is 0 Å². The van der Waals surface area contributed by atoms with Crippen LogP contribution < -0.4 is 0 Å². The maximum Gasteiger partial charge on any atom is 0.338 e. The quantitative estimate of drug-likeness (QED) is 0.389. The second kappa shape index (κ2) is 8.89. The third-order valence-corrected chi connectivity index (χ3v) is 7.20. The van der Waals surface area contributed by atoms with Gasteiger partial charge in [-0.15, -0.1) is 11.8 Å². The Bertz CT molecular complexity index is 947. The maximum atomic E-state index is 12.5. The van der Waals surface area contributed by atoms with Crippen LogP contribution in [0.25, 0.3) is 0 Å². The summed E-state index contributed by atoms with van der Waals surface area (Å²) in [4.78, 5) is 25.5. The van der Waals surface area contributed by atoms with Crippen LogP contribution in [-0.4, -0.2) is 50.4 Å². The highest BCUT2D eigenvalue weighted by Crippen LogP contribution is 2.21. The zero-order valence-electron chi connectivity index (χ0n) is 15.5. The van der Waals surface area contributed by atoms with Crippen molar-refractivity contribution in [1.29, 1.82) is 0 Å². The van der Waals surface area contributed by atoms with E-state index in [1.165, 1.54) is 28.6 Å². The number of hydrogen-bond acceptors (Lipinski definition) is 6. The first kappa shape index (κ1) is 20.6. The predicted octanol–water partition coefficient (Wildman–Crippen LogP) is 3.23. The van der Waals surface area contributed by atoms with Crippen LogP contribution in [0.3, 0.4) is 0 Å². The molecule has 0 atom stereocenters. The first-order chi connectivity index (χ1) is 13.4. The highest BCUT2D eigenvalue weighted by molar-refractivity contribution is 7.98. The van der Waals surface area contributed by atoms with Crippen LogP contribution in [0.2, 0.25) is 0 Å². The first-order valence-corrected chi connectivity index (χ1v) is 11.5. The van der Waals surface area contributed by atoms with Crippen LogP contribution in [0.1, 0.15) is 33.6 Å². The second-order valence-corrected chi connectivity index (χ2v) is 9.18. The van der Waals surface area contributed by atoms with Gasteiger partial charge in [-0.2, -0.15) is 4.31 Å². The molecule has 0 spiro atoms. The minimum atomic E-state index is -3.51. The number of ketones is 1. The maximum absolute atomic E-state index is 12.5. The minimum absolute atomic E-state index is 0.164. The molecule has 0 radical (unpaired) electrons. The topological polar surface area (TPSA) is 80.8 Å². The van der Waals surface area contributed by atoms with Gasteiger partial charge >= 0.3 is 5.97 Å². The molecule has 148 valence electrons. The fourth-order valence-electron chi connectivity index (χ4n) is 2.92. The molecule has 0 amide bonds. The van der Waals surface area contributed by atoms with Crippen molar-refractivity contribution in [3.8, 4) is 0 Å². The molecule has 6 nitrogen and oxygen atoms in total. The number of hydrogen-bond donors (Lipinski definition) is 0. The Morgan fingerprint density at radius 3 is 2.11 bits per heavy atom. The van der Waals surface area contributed by atoms with Crippen molar-refractivity contribution in [2.75, 3.05) is 26.0 Å². The number of Topliss-reactive ketones (excluding diaryl/α,β-unsaturated/α-hetero) is 1. The lowest BCUT2D eigenvalue weighted by molar-refractivity contribution is 0.0474. The highest BCUT2D eigenvalue weighted by Gasteiger charge is 2.27. The molecular formula is C20H21NO5S2. The van der Waals surface area contributed by atoms with Gasteiger partial charge in [0.2, 0.25) is 10.0 Å². The van der Waals surface area contributed by atoms with Crippen molar-refractivity contribution in [3.05, 3.63) is 59.7 Å². The molecule has 0 unspecified atom stereocenters. The number of rotatable bonds is 7. The summed E-state index contributed by atoms with van der Waals surface area (Å²) in [6.07, 6.45) is 3.66. The molecule has 1 saturated heterocycles. The van der Waals surface area contributed by atoms with Crippen molar-refractivity contribution in [1.82, 2.24) is 4.31 Å². The van der Waals surface area contributed by atoms with Crippen molar-refractivity contribution in [2.24, 2.45) is 0 Å². The Morgan fingerprint density at radius 2 is 1.54 bits per heavy atom.